The van der Waals surface area contributed by atoms with Gasteiger partial charge in [0.15, 0.2) is 5.96 Å². The Morgan fingerprint density at radius 1 is 1.30 bits per heavy atom. The van der Waals surface area contributed by atoms with E-state index in [4.69, 9.17) is 0 Å². The Hall–Kier alpha value is -1.83. The summed E-state index contributed by atoms with van der Waals surface area (Å²) in [6, 6.07) is 10.4. The molecule has 5 nitrogen and oxygen atoms in total. The molecule has 2 aromatic rings. The van der Waals surface area contributed by atoms with E-state index in [1.165, 1.54) is 11.1 Å². The number of benzene rings is 1. The maximum absolute atomic E-state index is 4.58. The van der Waals surface area contributed by atoms with Crippen molar-refractivity contribution in [3.05, 3.63) is 66.5 Å². The Bertz CT molecular complexity index is 607. The number of aromatic nitrogens is 2. The van der Waals surface area contributed by atoms with Crippen molar-refractivity contribution in [2.75, 3.05) is 13.1 Å². The molecule has 23 heavy (non-hydrogen) atoms. The van der Waals surface area contributed by atoms with Gasteiger partial charge in [-0.3, -0.25) is 4.68 Å². The van der Waals surface area contributed by atoms with Gasteiger partial charge in [0, 0.05) is 25.5 Å². The van der Waals surface area contributed by atoms with Crippen molar-refractivity contribution in [3.8, 4) is 0 Å². The van der Waals surface area contributed by atoms with E-state index in [1.807, 2.05) is 23.0 Å². The molecule has 2 N–H and O–H groups in total. The molecule has 0 radical (unpaired) electrons. The Labute approximate surface area is 154 Å². The number of rotatable bonds is 7. The smallest absolute Gasteiger partial charge is 0.191 e. The van der Waals surface area contributed by atoms with Gasteiger partial charge in [0.1, 0.15) is 0 Å². The molecule has 0 spiro atoms. The summed E-state index contributed by atoms with van der Waals surface area (Å²) in [5, 5.41) is 10.6. The molecule has 0 saturated heterocycles. The standard InChI is InChI=1S/C17H23N5.HI/c1-3-9-19-17(18-4-2)20-13-15-7-5-8-16(12-15)14-22-11-6-10-21-22;/h3,5-8,10-12H,1,4,9,13-14H2,2H3,(H2,18,19,20);1H. The predicted octanol–water partition coefficient (Wildman–Crippen LogP) is 2.79. The van der Waals surface area contributed by atoms with Crippen LogP contribution in [0.2, 0.25) is 0 Å². The number of guanidine groups is 1. The largest absolute Gasteiger partial charge is 0.357 e. The molecular formula is C17H24IN5. The van der Waals surface area contributed by atoms with Crippen LogP contribution in [0, 0.1) is 0 Å². The lowest BCUT2D eigenvalue weighted by atomic mass is 10.1. The molecule has 0 bridgehead atoms. The van der Waals surface area contributed by atoms with Crippen LogP contribution in [-0.2, 0) is 13.1 Å². The van der Waals surface area contributed by atoms with Gasteiger partial charge < -0.3 is 10.6 Å². The first-order valence-corrected chi connectivity index (χ1v) is 7.50. The third kappa shape index (κ3) is 6.85. The predicted molar refractivity (Wildman–Crippen MR) is 106 cm³/mol. The van der Waals surface area contributed by atoms with Crippen molar-refractivity contribution in [2.24, 2.45) is 4.99 Å². The molecule has 0 aliphatic carbocycles. The van der Waals surface area contributed by atoms with Gasteiger partial charge in [0.05, 0.1) is 13.1 Å². The first-order valence-electron chi connectivity index (χ1n) is 7.50. The highest BCUT2D eigenvalue weighted by Crippen LogP contribution is 2.08. The monoisotopic (exact) mass is 425 g/mol. The first-order chi connectivity index (χ1) is 10.8. The zero-order valence-corrected chi connectivity index (χ0v) is 15.7. The summed E-state index contributed by atoms with van der Waals surface area (Å²) < 4.78 is 1.91. The van der Waals surface area contributed by atoms with E-state index in [-0.39, 0.29) is 24.0 Å². The topological polar surface area (TPSA) is 54.2 Å². The summed E-state index contributed by atoms with van der Waals surface area (Å²) in [7, 11) is 0. The summed E-state index contributed by atoms with van der Waals surface area (Å²) in [5.41, 5.74) is 2.40. The first kappa shape index (κ1) is 19.2. The van der Waals surface area contributed by atoms with Gasteiger partial charge in [-0.15, -0.1) is 30.6 Å². The molecule has 2 rings (SSSR count). The highest BCUT2D eigenvalue weighted by atomic mass is 127. The third-order valence-corrected chi connectivity index (χ3v) is 3.07. The molecule has 0 aliphatic heterocycles. The molecular weight excluding hydrogens is 401 g/mol. The summed E-state index contributed by atoms with van der Waals surface area (Å²) in [5.74, 6) is 0.805. The van der Waals surface area contributed by atoms with Crippen molar-refractivity contribution >= 4 is 29.9 Å². The van der Waals surface area contributed by atoms with E-state index in [0.717, 1.165) is 19.0 Å². The zero-order valence-electron chi connectivity index (χ0n) is 13.4. The summed E-state index contributed by atoms with van der Waals surface area (Å²) in [4.78, 5) is 4.58. The number of halogens is 1. The number of aliphatic imine (C=N–C) groups is 1. The van der Waals surface area contributed by atoms with E-state index in [2.05, 4.69) is 58.5 Å². The lowest BCUT2D eigenvalue weighted by Gasteiger charge is -2.10. The van der Waals surface area contributed by atoms with Crippen LogP contribution in [0.4, 0.5) is 0 Å². The fourth-order valence-corrected chi connectivity index (χ4v) is 2.09. The van der Waals surface area contributed by atoms with Crippen molar-refractivity contribution in [1.82, 2.24) is 20.4 Å². The van der Waals surface area contributed by atoms with Crippen molar-refractivity contribution in [2.45, 2.75) is 20.0 Å². The van der Waals surface area contributed by atoms with Crippen LogP contribution >= 0.6 is 24.0 Å². The van der Waals surface area contributed by atoms with E-state index >= 15 is 0 Å². The van der Waals surface area contributed by atoms with Gasteiger partial charge in [0.25, 0.3) is 0 Å². The molecule has 0 atom stereocenters. The van der Waals surface area contributed by atoms with Crippen LogP contribution in [-0.4, -0.2) is 28.8 Å². The van der Waals surface area contributed by atoms with Gasteiger partial charge in [-0.25, -0.2) is 4.99 Å². The molecule has 1 heterocycles. The molecule has 0 amide bonds. The SMILES string of the molecule is C=CCNC(=NCc1cccc(Cn2cccn2)c1)NCC.I. The van der Waals surface area contributed by atoms with E-state index in [9.17, 15) is 0 Å². The van der Waals surface area contributed by atoms with Crippen LogP contribution in [0.15, 0.2) is 60.4 Å². The Morgan fingerprint density at radius 3 is 2.83 bits per heavy atom. The summed E-state index contributed by atoms with van der Waals surface area (Å²) in [6.07, 6.45) is 5.58. The molecule has 6 heteroatoms. The summed E-state index contributed by atoms with van der Waals surface area (Å²) in [6.45, 7) is 8.71. The lowest BCUT2D eigenvalue weighted by Crippen LogP contribution is -2.37. The minimum Gasteiger partial charge on any atom is -0.357 e. The van der Waals surface area contributed by atoms with Crippen LogP contribution < -0.4 is 10.6 Å². The molecule has 1 aromatic carbocycles. The second-order valence-corrected chi connectivity index (χ2v) is 4.89. The molecule has 1 aromatic heterocycles. The zero-order chi connectivity index (χ0) is 15.6. The fourth-order valence-electron chi connectivity index (χ4n) is 2.09. The second kappa shape index (κ2) is 10.8. The van der Waals surface area contributed by atoms with Crippen molar-refractivity contribution < 1.29 is 0 Å². The maximum Gasteiger partial charge on any atom is 0.191 e. The van der Waals surface area contributed by atoms with Crippen LogP contribution in [0.1, 0.15) is 18.1 Å². The highest BCUT2D eigenvalue weighted by Gasteiger charge is 1.99. The minimum atomic E-state index is 0. The van der Waals surface area contributed by atoms with Crippen LogP contribution in [0.25, 0.3) is 0 Å². The fraction of sp³-hybridized carbons (Fsp3) is 0.294. The highest BCUT2D eigenvalue weighted by molar-refractivity contribution is 14.0. The quantitative estimate of drug-likeness (QED) is 0.311. The lowest BCUT2D eigenvalue weighted by molar-refractivity contribution is 0.686. The van der Waals surface area contributed by atoms with Crippen LogP contribution in [0.3, 0.4) is 0 Å². The second-order valence-electron chi connectivity index (χ2n) is 4.89. The molecule has 0 saturated carbocycles. The number of hydrogen-bond donors (Lipinski definition) is 2. The number of hydrogen-bond acceptors (Lipinski definition) is 2. The number of nitrogens with one attached hydrogen (secondary N) is 2. The minimum absolute atomic E-state index is 0. The van der Waals surface area contributed by atoms with Crippen molar-refractivity contribution in [1.29, 1.82) is 0 Å². The van der Waals surface area contributed by atoms with E-state index in [0.29, 0.717) is 13.1 Å². The average Bonchev–Trinajstić information content (AvgIpc) is 3.03. The van der Waals surface area contributed by atoms with Crippen molar-refractivity contribution in [3.63, 3.8) is 0 Å². The maximum atomic E-state index is 4.58. The van der Waals surface area contributed by atoms with Gasteiger partial charge >= 0.3 is 0 Å². The molecule has 0 unspecified atom stereocenters. The normalized spacial score (nSPS) is 10.7. The Morgan fingerprint density at radius 2 is 2.13 bits per heavy atom. The summed E-state index contributed by atoms with van der Waals surface area (Å²) >= 11 is 0. The molecule has 0 fully saturated rings. The van der Waals surface area contributed by atoms with Gasteiger partial charge in [-0.1, -0.05) is 30.3 Å². The van der Waals surface area contributed by atoms with E-state index in [1.54, 1.807) is 6.20 Å². The molecule has 124 valence electrons. The van der Waals surface area contributed by atoms with E-state index < -0.39 is 0 Å². The van der Waals surface area contributed by atoms with Crippen LogP contribution in [0.5, 0.6) is 0 Å². The van der Waals surface area contributed by atoms with Gasteiger partial charge in [-0.2, -0.15) is 5.10 Å². The van der Waals surface area contributed by atoms with Gasteiger partial charge in [0.2, 0.25) is 0 Å². The molecule has 0 aliphatic rings. The Balaban J connectivity index is 0.00000264. The third-order valence-electron chi connectivity index (χ3n) is 3.07. The van der Waals surface area contributed by atoms with Gasteiger partial charge in [-0.05, 0) is 24.1 Å². The Kier molecular flexibility index (Phi) is 9.04. The number of nitrogens with zero attached hydrogens (tertiary/aromatic N) is 3. The average molecular weight is 425 g/mol.